The van der Waals surface area contributed by atoms with Crippen LogP contribution in [0.4, 0.5) is 0 Å². The molecule has 1 aliphatic heterocycles. The number of ether oxygens (including phenoxy) is 1. The zero-order valence-corrected chi connectivity index (χ0v) is 15.4. The number of carbonyl (C=O) groups is 1. The molecule has 6 nitrogen and oxygen atoms in total. The van der Waals surface area contributed by atoms with E-state index in [1.807, 2.05) is 68.4 Å². The molecule has 0 radical (unpaired) electrons. The highest BCUT2D eigenvalue weighted by Gasteiger charge is 2.34. The second-order valence-electron chi connectivity index (χ2n) is 7.36. The average Bonchev–Trinajstić information content (AvgIpc) is 3.10. The first-order chi connectivity index (χ1) is 13.0. The van der Waals surface area contributed by atoms with Crippen molar-refractivity contribution in [2.75, 3.05) is 0 Å². The molecule has 0 aliphatic carbocycles. The van der Waals surface area contributed by atoms with Crippen LogP contribution in [0, 0.1) is 0 Å². The number of rotatable bonds is 4. The van der Waals surface area contributed by atoms with Crippen LogP contribution in [0.1, 0.15) is 31.9 Å². The Morgan fingerprint density at radius 2 is 1.93 bits per heavy atom. The standard InChI is InChI=1S/C21H22N4O2/c1-21(2)12-17(16-10-6-7-11-18(16)27-21)23-19(26)13-25-14-22-20(24-25)15-8-4-3-5-9-15/h3-11,14,17H,12-13H2,1-2H3,(H,23,26). The first kappa shape index (κ1) is 17.3. The minimum absolute atomic E-state index is 0.0884. The van der Waals surface area contributed by atoms with Crippen molar-refractivity contribution in [3.8, 4) is 17.1 Å². The molecule has 1 aliphatic rings. The Balaban J connectivity index is 1.46. The maximum Gasteiger partial charge on any atom is 0.242 e. The number of nitrogens with one attached hydrogen (secondary N) is 1. The number of aromatic nitrogens is 3. The Bertz CT molecular complexity index is 950. The molecule has 0 saturated heterocycles. The maximum atomic E-state index is 12.6. The highest BCUT2D eigenvalue weighted by atomic mass is 16.5. The smallest absolute Gasteiger partial charge is 0.242 e. The van der Waals surface area contributed by atoms with Gasteiger partial charge in [0.15, 0.2) is 5.82 Å². The molecule has 6 heteroatoms. The predicted molar refractivity (Wildman–Crippen MR) is 102 cm³/mol. The Hall–Kier alpha value is -3.15. The van der Waals surface area contributed by atoms with E-state index in [0.717, 1.165) is 16.9 Å². The molecule has 27 heavy (non-hydrogen) atoms. The Morgan fingerprint density at radius 3 is 2.74 bits per heavy atom. The van der Waals surface area contributed by atoms with E-state index in [4.69, 9.17) is 4.74 Å². The number of benzene rings is 2. The van der Waals surface area contributed by atoms with Crippen LogP contribution in [0.3, 0.4) is 0 Å². The fraction of sp³-hybridized carbons (Fsp3) is 0.286. The molecular formula is C21H22N4O2. The van der Waals surface area contributed by atoms with Gasteiger partial charge < -0.3 is 10.1 Å². The minimum Gasteiger partial charge on any atom is -0.487 e. The largest absolute Gasteiger partial charge is 0.487 e. The van der Waals surface area contributed by atoms with Crippen LogP contribution in [0.2, 0.25) is 0 Å². The van der Waals surface area contributed by atoms with Gasteiger partial charge in [-0.2, -0.15) is 5.10 Å². The predicted octanol–water partition coefficient (Wildman–Crippen LogP) is 3.36. The molecule has 2 heterocycles. The molecular weight excluding hydrogens is 340 g/mol. The summed E-state index contributed by atoms with van der Waals surface area (Å²) in [7, 11) is 0. The number of para-hydroxylation sites is 1. The fourth-order valence-electron chi connectivity index (χ4n) is 3.41. The summed E-state index contributed by atoms with van der Waals surface area (Å²) in [6.45, 7) is 4.19. The van der Waals surface area contributed by atoms with Crippen molar-refractivity contribution in [1.29, 1.82) is 0 Å². The van der Waals surface area contributed by atoms with Crippen molar-refractivity contribution in [3.05, 3.63) is 66.5 Å². The summed E-state index contributed by atoms with van der Waals surface area (Å²) in [5, 5.41) is 7.53. The first-order valence-corrected chi connectivity index (χ1v) is 9.02. The highest BCUT2D eigenvalue weighted by molar-refractivity contribution is 5.76. The van der Waals surface area contributed by atoms with Crippen molar-refractivity contribution >= 4 is 5.91 Å². The molecule has 1 N–H and O–H groups in total. The summed E-state index contributed by atoms with van der Waals surface area (Å²) in [5.74, 6) is 1.34. The van der Waals surface area contributed by atoms with E-state index < -0.39 is 0 Å². The van der Waals surface area contributed by atoms with Gasteiger partial charge in [-0.15, -0.1) is 0 Å². The summed E-state index contributed by atoms with van der Waals surface area (Å²) < 4.78 is 7.59. The van der Waals surface area contributed by atoms with E-state index in [1.165, 1.54) is 0 Å². The quantitative estimate of drug-likeness (QED) is 0.773. The Labute approximate surface area is 158 Å². The van der Waals surface area contributed by atoms with Gasteiger partial charge in [-0.3, -0.25) is 4.79 Å². The third-order valence-corrected chi connectivity index (χ3v) is 4.59. The van der Waals surface area contributed by atoms with Crippen molar-refractivity contribution in [3.63, 3.8) is 0 Å². The molecule has 1 atom stereocenters. The van der Waals surface area contributed by atoms with Gasteiger partial charge in [-0.1, -0.05) is 48.5 Å². The van der Waals surface area contributed by atoms with Crippen LogP contribution in [-0.2, 0) is 11.3 Å². The molecule has 1 aromatic heterocycles. The van der Waals surface area contributed by atoms with Crippen LogP contribution in [0.25, 0.3) is 11.4 Å². The molecule has 0 bridgehead atoms. The number of hydrogen-bond acceptors (Lipinski definition) is 4. The zero-order chi connectivity index (χ0) is 18.9. The van der Waals surface area contributed by atoms with Gasteiger partial charge in [0.25, 0.3) is 0 Å². The van der Waals surface area contributed by atoms with Gasteiger partial charge in [-0.05, 0) is 19.9 Å². The van der Waals surface area contributed by atoms with Crippen LogP contribution >= 0.6 is 0 Å². The van der Waals surface area contributed by atoms with Gasteiger partial charge in [0.05, 0.1) is 6.04 Å². The molecule has 1 amide bonds. The lowest BCUT2D eigenvalue weighted by Gasteiger charge is -2.37. The minimum atomic E-state index is -0.333. The van der Waals surface area contributed by atoms with E-state index in [-0.39, 0.29) is 24.1 Å². The van der Waals surface area contributed by atoms with E-state index in [9.17, 15) is 4.79 Å². The number of carbonyl (C=O) groups excluding carboxylic acids is 1. The van der Waals surface area contributed by atoms with Gasteiger partial charge in [0.2, 0.25) is 5.91 Å². The van der Waals surface area contributed by atoms with Crippen molar-refractivity contribution < 1.29 is 9.53 Å². The van der Waals surface area contributed by atoms with E-state index in [1.54, 1.807) is 11.0 Å². The van der Waals surface area contributed by atoms with Crippen LogP contribution in [0.15, 0.2) is 60.9 Å². The lowest BCUT2D eigenvalue weighted by molar-refractivity contribution is -0.123. The summed E-state index contributed by atoms with van der Waals surface area (Å²) in [5.41, 5.74) is 1.60. The number of hydrogen-bond donors (Lipinski definition) is 1. The van der Waals surface area contributed by atoms with Gasteiger partial charge in [0.1, 0.15) is 24.2 Å². The Kier molecular flexibility index (Phi) is 4.39. The molecule has 3 aromatic rings. The second-order valence-corrected chi connectivity index (χ2v) is 7.36. The second kappa shape index (κ2) is 6.87. The molecule has 0 fully saturated rings. The maximum absolute atomic E-state index is 12.6. The molecule has 0 spiro atoms. The third-order valence-electron chi connectivity index (χ3n) is 4.59. The van der Waals surface area contributed by atoms with E-state index in [2.05, 4.69) is 15.4 Å². The monoisotopic (exact) mass is 362 g/mol. The molecule has 2 aromatic carbocycles. The normalized spacial score (nSPS) is 17.6. The van der Waals surface area contributed by atoms with Crippen molar-refractivity contribution in [2.24, 2.45) is 0 Å². The highest BCUT2D eigenvalue weighted by Crippen LogP contribution is 2.39. The van der Waals surface area contributed by atoms with Gasteiger partial charge in [0, 0.05) is 17.5 Å². The number of amides is 1. The summed E-state index contributed by atoms with van der Waals surface area (Å²) in [4.78, 5) is 16.9. The third kappa shape index (κ3) is 3.84. The lowest BCUT2D eigenvalue weighted by Crippen LogP contribution is -2.42. The molecule has 0 saturated carbocycles. The van der Waals surface area contributed by atoms with E-state index >= 15 is 0 Å². The van der Waals surface area contributed by atoms with Gasteiger partial charge >= 0.3 is 0 Å². The number of nitrogens with zero attached hydrogens (tertiary/aromatic N) is 3. The van der Waals surface area contributed by atoms with Crippen LogP contribution in [0.5, 0.6) is 5.75 Å². The molecule has 4 rings (SSSR count). The topological polar surface area (TPSA) is 69.0 Å². The molecule has 1 unspecified atom stereocenters. The van der Waals surface area contributed by atoms with Crippen LogP contribution in [-0.4, -0.2) is 26.3 Å². The number of fused-ring (bicyclic) bond motifs is 1. The first-order valence-electron chi connectivity index (χ1n) is 9.02. The lowest BCUT2D eigenvalue weighted by atomic mass is 9.89. The van der Waals surface area contributed by atoms with Crippen molar-refractivity contribution in [1.82, 2.24) is 20.1 Å². The zero-order valence-electron chi connectivity index (χ0n) is 15.4. The van der Waals surface area contributed by atoms with E-state index in [0.29, 0.717) is 12.2 Å². The average molecular weight is 362 g/mol. The molecule has 138 valence electrons. The van der Waals surface area contributed by atoms with Crippen molar-refractivity contribution in [2.45, 2.75) is 38.5 Å². The van der Waals surface area contributed by atoms with Gasteiger partial charge in [-0.25, -0.2) is 9.67 Å². The fourth-order valence-corrected chi connectivity index (χ4v) is 3.41. The summed E-state index contributed by atoms with van der Waals surface area (Å²) in [6, 6.07) is 17.5. The Morgan fingerprint density at radius 1 is 1.19 bits per heavy atom. The van der Waals surface area contributed by atoms with Crippen LogP contribution < -0.4 is 10.1 Å². The summed E-state index contributed by atoms with van der Waals surface area (Å²) >= 11 is 0. The SMILES string of the molecule is CC1(C)CC(NC(=O)Cn2cnc(-c3ccccc3)n2)c2ccccc2O1. The summed E-state index contributed by atoms with van der Waals surface area (Å²) in [6.07, 6.45) is 2.30.